The van der Waals surface area contributed by atoms with Crippen molar-refractivity contribution in [1.82, 2.24) is 0 Å². The maximum absolute atomic E-state index is 11.9. The van der Waals surface area contributed by atoms with Gasteiger partial charge < -0.3 is 9.47 Å². The molecule has 0 saturated heterocycles. The van der Waals surface area contributed by atoms with Crippen LogP contribution in [-0.2, 0) is 28.7 Å². The van der Waals surface area contributed by atoms with Gasteiger partial charge in [0.2, 0.25) is 0 Å². The molecular weight excluding hydrogens is 288 g/mol. The van der Waals surface area contributed by atoms with Crippen molar-refractivity contribution in [1.29, 1.82) is 0 Å². The zero-order valence-corrected chi connectivity index (χ0v) is 13.3. The topological polar surface area (TPSA) is 86.7 Å². The van der Waals surface area contributed by atoms with Gasteiger partial charge in [-0.15, -0.1) is 0 Å². The summed E-state index contributed by atoms with van der Waals surface area (Å²) >= 11 is 0. The SMILES string of the molecule is CC(=O)OC(=O)C1CCCCCC(C(=O)OC(C)=O)CCC1. The molecule has 1 fully saturated rings. The molecule has 0 aromatic heterocycles. The molecule has 2 unspecified atom stereocenters. The van der Waals surface area contributed by atoms with Crippen LogP contribution in [-0.4, -0.2) is 23.9 Å². The predicted octanol–water partition coefficient (Wildman–Crippen LogP) is 2.53. The fourth-order valence-corrected chi connectivity index (χ4v) is 2.78. The van der Waals surface area contributed by atoms with Gasteiger partial charge in [-0.05, 0) is 25.7 Å². The summed E-state index contributed by atoms with van der Waals surface area (Å²) in [5.74, 6) is -2.74. The van der Waals surface area contributed by atoms with Gasteiger partial charge in [0.15, 0.2) is 0 Å². The van der Waals surface area contributed by atoms with E-state index in [2.05, 4.69) is 9.47 Å². The third-order valence-corrected chi connectivity index (χ3v) is 3.87. The summed E-state index contributed by atoms with van der Waals surface area (Å²) in [5.41, 5.74) is 0. The van der Waals surface area contributed by atoms with E-state index in [0.717, 1.165) is 19.3 Å². The smallest absolute Gasteiger partial charge is 0.316 e. The minimum absolute atomic E-state index is 0.300. The second kappa shape index (κ2) is 9.33. The molecule has 6 heteroatoms. The first kappa shape index (κ1) is 18.3. The van der Waals surface area contributed by atoms with Crippen LogP contribution in [0.25, 0.3) is 0 Å². The maximum atomic E-state index is 11.9. The molecule has 1 aliphatic rings. The van der Waals surface area contributed by atoms with E-state index in [-0.39, 0.29) is 11.8 Å². The summed E-state index contributed by atoms with van der Waals surface area (Å²) in [6.07, 6.45) is 5.83. The van der Waals surface area contributed by atoms with E-state index in [4.69, 9.17) is 0 Å². The average Bonchev–Trinajstić information content (AvgIpc) is 2.42. The number of carbonyl (C=O) groups excluding carboxylic acids is 4. The lowest BCUT2D eigenvalue weighted by Gasteiger charge is -2.20. The van der Waals surface area contributed by atoms with Crippen LogP contribution in [0.2, 0.25) is 0 Å². The average molecular weight is 312 g/mol. The molecule has 0 radical (unpaired) electrons. The molecule has 6 nitrogen and oxygen atoms in total. The van der Waals surface area contributed by atoms with Crippen molar-refractivity contribution in [2.45, 2.75) is 65.2 Å². The Morgan fingerprint density at radius 3 is 1.36 bits per heavy atom. The van der Waals surface area contributed by atoms with Crippen LogP contribution < -0.4 is 0 Å². The predicted molar refractivity (Wildman–Crippen MR) is 77.5 cm³/mol. The van der Waals surface area contributed by atoms with E-state index in [1.54, 1.807) is 0 Å². The van der Waals surface area contributed by atoms with Crippen LogP contribution in [0.4, 0.5) is 0 Å². The van der Waals surface area contributed by atoms with E-state index in [9.17, 15) is 19.2 Å². The van der Waals surface area contributed by atoms with E-state index >= 15 is 0 Å². The van der Waals surface area contributed by atoms with E-state index in [1.807, 2.05) is 0 Å². The summed E-state index contributed by atoms with van der Waals surface area (Å²) in [4.78, 5) is 45.5. The number of hydrogen-bond acceptors (Lipinski definition) is 6. The summed E-state index contributed by atoms with van der Waals surface area (Å²) in [5, 5.41) is 0. The summed E-state index contributed by atoms with van der Waals surface area (Å²) in [6.45, 7) is 2.43. The van der Waals surface area contributed by atoms with E-state index in [0.29, 0.717) is 32.1 Å². The van der Waals surface area contributed by atoms with Gasteiger partial charge in [0.1, 0.15) is 0 Å². The summed E-state index contributed by atoms with van der Waals surface area (Å²) < 4.78 is 9.34. The molecule has 0 aliphatic heterocycles. The Balaban J connectivity index is 2.57. The van der Waals surface area contributed by atoms with Gasteiger partial charge in [0.05, 0.1) is 11.8 Å². The summed E-state index contributed by atoms with van der Waals surface area (Å²) in [7, 11) is 0. The van der Waals surface area contributed by atoms with Gasteiger partial charge in [-0.2, -0.15) is 0 Å². The Hall–Kier alpha value is -1.72. The minimum atomic E-state index is -0.593. The Labute approximate surface area is 130 Å². The number of hydrogen-bond donors (Lipinski definition) is 0. The first-order valence-electron chi connectivity index (χ1n) is 7.84. The lowest BCUT2D eigenvalue weighted by Crippen LogP contribution is -2.23. The van der Waals surface area contributed by atoms with Crippen LogP contribution in [0, 0.1) is 11.8 Å². The summed E-state index contributed by atoms with van der Waals surface area (Å²) in [6, 6.07) is 0. The van der Waals surface area contributed by atoms with Crippen molar-refractivity contribution < 1.29 is 28.7 Å². The number of ether oxygens (including phenoxy) is 2. The van der Waals surface area contributed by atoms with E-state index < -0.39 is 23.9 Å². The number of esters is 4. The Morgan fingerprint density at radius 1 is 0.636 bits per heavy atom. The highest BCUT2D eigenvalue weighted by atomic mass is 16.6. The first-order valence-corrected chi connectivity index (χ1v) is 7.84. The molecule has 0 aromatic carbocycles. The number of carbonyl (C=O) groups is 4. The molecular formula is C16H24O6. The molecule has 2 atom stereocenters. The normalized spacial score (nSPS) is 23.2. The van der Waals surface area contributed by atoms with Crippen molar-refractivity contribution >= 4 is 23.9 Å². The van der Waals surface area contributed by atoms with Gasteiger partial charge in [-0.3, -0.25) is 19.2 Å². The number of rotatable bonds is 2. The maximum Gasteiger partial charge on any atom is 0.316 e. The zero-order valence-electron chi connectivity index (χ0n) is 13.3. The van der Waals surface area contributed by atoms with Gasteiger partial charge in [0.25, 0.3) is 0 Å². The quantitative estimate of drug-likeness (QED) is 0.575. The molecule has 124 valence electrons. The molecule has 0 spiro atoms. The lowest BCUT2D eigenvalue weighted by molar-refractivity contribution is -0.162. The van der Waals surface area contributed by atoms with Crippen molar-refractivity contribution in [3.8, 4) is 0 Å². The highest BCUT2D eigenvalue weighted by Crippen LogP contribution is 2.26. The lowest BCUT2D eigenvalue weighted by atomic mass is 9.88. The molecule has 22 heavy (non-hydrogen) atoms. The van der Waals surface area contributed by atoms with Crippen LogP contribution in [0.15, 0.2) is 0 Å². The standard InChI is InChI=1S/C16H24O6/c1-11(17)21-15(19)13-7-4-3-5-8-14(10-6-9-13)16(20)22-12(2)18/h13-14H,3-10H2,1-2H3. The molecule has 0 bridgehead atoms. The fourth-order valence-electron chi connectivity index (χ4n) is 2.78. The molecule has 1 aliphatic carbocycles. The Bertz CT molecular complexity index is 390. The second-order valence-electron chi connectivity index (χ2n) is 5.79. The Morgan fingerprint density at radius 2 is 1.00 bits per heavy atom. The van der Waals surface area contributed by atoms with Crippen LogP contribution in [0.3, 0.4) is 0 Å². The molecule has 0 N–H and O–H groups in total. The molecule has 0 heterocycles. The third kappa shape index (κ3) is 6.83. The molecule has 0 aromatic rings. The van der Waals surface area contributed by atoms with Crippen LogP contribution >= 0.6 is 0 Å². The highest BCUT2D eigenvalue weighted by molar-refractivity contribution is 5.86. The second-order valence-corrected chi connectivity index (χ2v) is 5.79. The van der Waals surface area contributed by atoms with Crippen molar-refractivity contribution in [3.63, 3.8) is 0 Å². The van der Waals surface area contributed by atoms with Crippen molar-refractivity contribution in [2.24, 2.45) is 11.8 Å². The monoisotopic (exact) mass is 312 g/mol. The fraction of sp³-hybridized carbons (Fsp3) is 0.750. The largest absolute Gasteiger partial charge is 0.393 e. The van der Waals surface area contributed by atoms with Gasteiger partial charge in [-0.1, -0.05) is 25.7 Å². The third-order valence-electron chi connectivity index (χ3n) is 3.87. The van der Waals surface area contributed by atoms with Crippen LogP contribution in [0.5, 0.6) is 0 Å². The van der Waals surface area contributed by atoms with E-state index in [1.165, 1.54) is 13.8 Å². The zero-order chi connectivity index (χ0) is 16.5. The minimum Gasteiger partial charge on any atom is -0.393 e. The van der Waals surface area contributed by atoms with Crippen LogP contribution in [0.1, 0.15) is 65.2 Å². The van der Waals surface area contributed by atoms with Gasteiger partial charge in [-0.25, -0.2) is 0 Å². The first-order chi connectivity index (χ1) is 10.4. The van der Waals surface area contributed by atoms with Gasteiger partial charge >= 0.3 is 23.9 Å². The molecule has 1 saturated carbocycles. The van der Waals surface area contributed by atoms with Crippen molar-refractivity contribution in [3.05, 3.63) is 0 Å². The molecule has 1 rings (SSSR count). The molecule has 0 amide bonds. The highest BCUT2D eigenvalue weighted by Gasteiger charge is 2.26. The Kier molecular flexibility index (Phi) is 7.77. The van der Waals surface area contributed by atoms with Gasteiger partial charge in [0, 0.05) is 13.8 Å². The van der Waals surface area contributed by atoms with Crippen molar-refractivity contribution in [2.75, 3.05) is 0 Å².